The van der Waals surface area contributed by atoms with Gasteiger partial charge < -0.3 is 9.64 Å². The van der Waals surface area contributed by atoms with Crippen LogP contribution in [0.2, 0.25) is 0 Å². The topological polar surface area (TPSA) is 64.4 Å². The van der Waals surface area contributed by atoms with Crippen LogP contribution in [0.25, 0.3) is 16.6 Å². The largest absolute Gasteiger partial charge is 0.492 e. The van der Waals surface area contributed by atoms with Crippen molar-refractivity contribution < 1.29 is 9.53 Å². The molecule has 0 aliphatic carbocycles. The van der Waals surface area contributed by atoms with E-state index in [1.54, 1.807) is 10.6 Å². The number of fused-ring (bicyclic) bond motifs is 1. The molecule has 4 rings (SSSR count). The summed E-state index contributed by atoms with van der Waals surface area (Å²) in [4.78, 5) is 34.7. The van der Waals surface area contributed by atoms with Crippen LogP contribution in [0, 0.1) is 0 Å². The number of rotatable bonds is 12. The van der Waals surface area contributed by atoms with Crippen LogP contribution in [0.3, 0.4) is 0 Å². The monoisotopic (exact) mass is 525 g/mol. The van der Waals surface area contributed by atoms with Gasteiger partial charge in [0.2, 0.25) is 0 Å². The highest BCUT2D eigenvalue weighted by atomic mass is 16.5. The van der Waals surface area contributed by atoms with E-state index in [9.17, 15) is 9.59 Å². The zero-order valence-corrected chi connectivity index (χ0v) is 23.5. The van der Waals surface area contributed by atoms with Gasteiger partial charge in [-0.1, -0.05) is 63.1 Å². The summed E-state index contributed by atoms with van der Waals surface area (Å²) in [6.45, 7) is 9.19. The summed E-state index contributed by atoms with van der Waals surface area (Å²) < 4.78 is 7.53. The van der Waals surface area contributed by atoms with Crippen molar-refractivity contribution in [3.05, 3.63) is 100 Å². The molecule has 0 radical (unpaired) electrons. The highest BCUT2D eigenvalue weighted by Crippen LogP contribution is 2.29. The van der Waals surface area contributed by atoms with E-state index >= 15 is 0 Å². The van der Waals surface area contributed by atoms with Crippen LogP contribution in [0.15, 0.2) is 77.6 Å². The van der Waals surface area contributed by atoms with Crippen LogP contribution in [-0.4, -0.2) is 33.5 Å². The van der Waals surface area contributed by atoms with E-state index < -0.39 is 6.04 Å². The van der Waals surface area contributed by atoms with Crippen LogP contribution < -0.4 is 10.3 Å². The number of carbonyl (C=O) groups is 1. The molecule has 1 atom stereocenters. The standard InChI is InChI=1S/C33H39N3O3/c1-5-8-14-25-19-21-26(22-20-25)32(37)35(23-9-6-2)24(4)31-34-28-16-11-10-15-27(28)33(38)36(31)29-17-12-13-18-30(29)39-7-3/h10-13,15-22,24H,5-9,14,23H2,1-4H3. The average molecular weight is 526 g/mol. The molecular weight excluding hydrogens is 486 g/mol. The summed E-state index contributed by atoms with van der Waals surface area (Å²) in [5.74, 6) is 1.04. The Bertz CT molecular complexity index is 1460. The van der Waals surface area contributed by atoms with Gasteiger partial charge in [0.1, 0.15) is 11.6 Å². The molecule has 0 saturated carbocycles. The average Bonchev–Trinajstić information content (AvgIpc) is 2.97. The Morgan fingerprint density at radius 1 is 0.923 bits per heavy atom. The maximum atomic E-state index is 14.0. The highest BCUT2D eigenvalue weighted by Gasteiger charge is 2.28. The van der Waals surface area contributed by atoms with Gasteiger partial charge in [-0.15, -0.1) is 0 Å². The maximum Gasteiger partial charge on any atom is 0.266 e. The van der Waals surface area contributed by atoms with Gasteiger partial charge in [-0.25, -0.2) is 4.98 Å². The Kier molecular flexibility index (Phi) is 9.53. The molecule has 1 unspecified atom stereocenters. The van der Waals surface area contributed by atoms with Crippen molar-refractivity contribution in [2.24, 2.45) is 0 Å². The Morgan fingerprint density at radius 2 is 1.62 bits per heavy atom. The van der Waals surface area contributed by atoms with Crippen LogP contribution in [0.1, 0.15) is 81.2 Å². The molecule has 1 aromatic heterocycles. The number of amides is 1. The fourth-order valence-corrected chi connectivity index (χ4v) is 4.88. The van der Waals surface area contributed by atoms with E-state index in [4.69, 9.17) is 9.72 Å². The number of unbranched alkanes of at least 4 members (excludes halogenated alkanes) is 2. The van der Waals surface area contributed by atoms with Gasteiger partial charge in [-0.05, 0) is 75.1 Å². The number of carbonyl (C=O) groups excluding carboxylic acids is 1. The van der Waals surface area contributed by atoms with Gasteiger partial charge >= 0.3 is 0 Å². The third-order valence-electron chi connectivity index (χ3n) is 7.08. The molecule has 6 heteroatoms. The molecule has 0 N–H and O–H groups in total. The molecular formula is C33H39N3O3. The van der Waals surface area contributed by atoms with E-state index in [0.29, 0.717) is 46.9 Å². The lowest BCUT2D eigenvalue weighted by Gasteiger charge is -2.31. The number of nitrogens with zero attached hydrogens (tertiary/aromatic N) is 3. The fraction of sp³-hybridized carbons (Fsp3) is 0.364. The summed E-state index contributed by atoms with van der Waals surface area (Å²) >= 11 is 0. The second-order valence-electron chi connectivity index (χ2n) is 9.86. The first-order valence-electron chi connectivity index (χ1n) is 14.1. The summed E-state index contributed by atoms with van der Waals surface area (Å²) in [5, 5.41) is 0.522. The zero-order valence-electron chi connectivity index (χ0n) is 23.5. The van der Waals surface area contributed by atoms with Gasteiger partial charge in [0.15, 0.2) is 0 Å². The van der Waals surface area contributed by atoms with E-state index in [-0.39, 0.29) is 11.5 Å². The van der Waals surface area contributed by atoms with Crippen LogP contribution in [0.5, 0.6) is 5.75 Å². The number of benzene rings is 3. The van der Waals surface area contributed by atoms with Gasteiger partial charge in [0, 0.05) is 12.1 Å². The third-order valence-corrected chi connectivity index (χ3v) is 7.08. The second-order valence-corrected chi connectivity index (χ2v) is 9.86. The van der Waals surface area contributed by atoms with Crippen molar-refractivity contribution in [3.63, 3.8) is 0 Å². The molecule has 1 heterocycles. The maximum absolute atomic E-state index is 14.0. The normalized spacial score (nSPS) is 11.9. The minimum absolute atomic E-state index is 0.0648. The van der Waals surface area contributed by atoms with Gasteiger partial charge in [0.05, 0.1) is 29.2 Å². The molecule has 1 amide bonds. The molecule has 0 aliphatic rings. The first-order chi connectivity index (χ1) is 19.0. The highest BCUT2D eigenvalue weighted by molar-refractivity contribution is 5.94. The Morgan fingerprint density at radius 3 is 2.33 bits per heavy atom. The molecule has 204 valence electrons. The molecule has 6 nitrogen and oxygen atoms in total. The molecule has 0 fully saturated rings. The number of ether oxygens (including phenoxy) is 1. The van der Waals surface area contributed by atoms with E-state index in [2.05, 4.69) is 13.8 Å². The minimum atomic E-state index is -0.462. The number of para-hydroxylation sites is 3. The van der Waals surface area contributed by atoms with Crippen LogP contribution in [0.4, 0.5) is 0 Å². The molecule has 0 aliphatic heterocycles. The van der Waals surface area contributed by atoms with Crippen molar-refractivity contribution in [3.8, 4) is 11.4 Å². The lowest BCUT2D eigenvalue weighted by Crippen LogP contribution is -2.38. The molecule has 0 saturated heterocycles. The number of hydrogen-bond donors (Lipinski definition) is 0. The smallest absolute Gasteiger partial charge is 0.266 e. The first-order valence-corrected chi connectivity index (χ1v) is 14.1. The van der Waals surface area contributed by atoms with Gasteiger partial charge in [0.25, 0.3) is 11.5 Å². The molecule has 0 spiro atoms. The van der Waals surface area contributed by atoms with Crippen LogP contribution >= 0.6 is 0 Å². The van der Waals surface area contributed by atoms with E-state index in [1.165, 1.54) is 5.56 Å². The lowest BCUT2D eigenvalue weighted by molar-refractivity contribution is 0.0678. The predicted molar refractivity (Wildman–Crippen MR) is 158 cm³/mol. The summed E-state index contributed by atoms with van der Waals surface area (Å²) in [5.41, 5.74) is 2.92. The molecule has 3 aromatic carbocycles. The van der Waals surface area contributed by atoms with Crippen molar-refractivity contribution in [2.75, 3.05) is 13.2 Å². The van der Waals surface area contributed by atoms with Crippen molar-refractivity contribution >= 4 is 16.8 Å². The third kappa shape index (κ3) is 6.22. The van der Waals surface area contributed by atoms with Crippen molar-refractivity contribution in [1.29, 1.82) is 0 Å². The fourth-order valence-electron chi connectivity index (χ4n) is 4.88. The quantitative estimate of drug-likeness (QED) is 0.197. The minimum Gasteiger partial charge on any atom is -0.492 e. The number of hydrogen-bond acceptors (Lipinski definition) is 4. The summed E-state index contributed by atoms with van der Waals surface area (Å²) in [6, 6.07) is 22.3. The number of aromatic nitrogens is 2. The van der Waals surface area contributed by atoms with E-state index in [1.807, 2.05) is 85.5 Å². The molecule has 39 heavy (non-hydrogen) atoms. The van der Waals surface area contributed by atoms with Crippen molar-refractivity contribution in [2.45, 2.75) is 65.8 Å². The Labute approximate surface area is 231 Å². The van der Waals surface area contributed by atoms with E-state index in [0.717, 1.165) is 32.1 Å². The van der Waals surface area contributed by atoms with Gasteiger partial charge in [-0.3, -0.25) is 14.2 Å². The Hall–Kier alpha value is -3.93. The van der Waals surface area contributed by atoms with Gasteiger partial charge in [-0.2, -0.15) is 0 Å². The SMILES string of the molecule is CCCCc1ccc(C(=O)N(CCCC)C(C)c2nc3ccccc3c(=O)n2-c2ccccc2OCC)cc1. The zero-order chi connectivity index (χ0) is 27.8. The summed E-state index contributed by atoms with van der Waals surface area (Å²) in [7, 11) is 0. The van der Waals surface area contributed by atoms with Crippen molar-refractivity contribution in [1.82, 2.24) is 14.5 Å². The lowest BCUT2D eigenvalue weighted by atomic mass is 10.0. The summed E-state index contributed by atoms with van der Waals surface area (Å²) in [6.07, 6.45) is 5.06. The first kappa shape index (κ1) is 28.1. The predicted octanol–water partition coefficient (Wildman–Crippen LogP) is 7.13. The molecule has 0 bridgehead atoms. The Balaban J connectivity index is 1.84. The second kappa shape index (κ2) is 13.2. The molecule has 4 aromatic rings. The number of aryl methyl sites for hydroxylation is 1. The van der Waals surface area contributed by atoms with Crippen LogP contribution in [-0.2, 0) is 6.42 Å².